The number of nitrogens with zero attached hydrogens (tertiary/aromatic N) is 3. The van der Waals surface area contributed by atoms with Gasteiger partial charge in [-0.15, -0.1) is 0 Å². The fourth-order valence-electron chi connectivity index (χ4n) is 4.44. The number of carbonyl (C=O) groups is 1. The van der Waals surface area contributed by atoms with Gasteiger partial charge in [-0.05, 0) is 50.1 Å². The van der Waals surface area contributed by atoms with Crippen LogP contribution in [0.1, 0.15) is 48.6 Å². The number of methoxy groups -OCH3 is 2. The van der Waals surface area contributed by atoms with Crippen LogP contribution in [0.15, 0.2) is 30.3 Å². The van der Waals surface area contributed by atoms with Crippen molar-refractivity contribution < 1.29 is 45.3 Å². The molecule has 38 heavy (non-hydrogen) atoms. The Kier molecular flexibility index (Phi) is 8.24. The zero-order chi connectivity index (χ0) is 28.4. The standard InChI is InChI=1S/C25H25F6N3O4/c1-5-38-23(35)34-14(2)6-19(18-10-21(36-3)22(37-4)11-20(18)34)33(13-32)12-15-7-16(24(26,27)28)9-17(8-15)25(29,30)31/h7-11,14,19H,5-6,12H2,1-4H3. The van der Waals surface area contributed by atoms with Gasteiger partial charge in [-0.2, -0.15) is 31.6 Å². The van der Waals surface area contributed by atoms with E-state index >= 15 is 0 Å². The van der Waals surface area contributed by atoms with Gasteiger partial charge in [0.25, 0.3) is 0 Å². The van der Waals surface area contributed by atoms with Crippen LogP contribution in [0.2, 0.25) is 0 Å². The van der Waals surface area contributed by atoms with E-state index in [0.717, 1.165) is 4.90 Å². The number of amides is 1. The first-order valence-corrected chi connectivity index (χ1v) is 11.4. The predicted molar refractivity (Wildman–Crippen MR) is 123 cm³/mol. The van der Waals surface area contributed by atoms with Crippen LogP contribution in [0.3, 0.4) is 0 Å². The van der Waals surface area contributed by atoms with Crippen LogP contribution in [0.5, 0.6) is 11.5 Å². The van der Waals surface area contributed by atoms with Gasteiger partial charge in [0.15, 0.2) is 17.7 Å². The number of carbonyl (C=O) groups excluding carboxylic acids is 1. The number of hydrogen-bond acceptors (Lipinski definition) is 6. The SMILES string of the molecule is CCOC(=O)N1c2cc(OC)c(OC)cc2C(N(C#N)Cc2cc(C(F)(F)F)cc(C(F)(F)F)c2)CC1C. The first kappa shape index (κ1) is 28.7. The zero-order valence-corrected chi connectivity index (χ0v) is 20.9. The van der Waals surface area contributed by atoms with E-state index in [1.54, 1.807) is 13.8 Å². The summed E-state index contributed by atoms with van der Waals surface area (Å²) in [5.41, 5.74) is -2.60. The predicted octanol–water partition coefficient (Wildman–Crippen LogP) is 6.52. The van der Waals surface area contributed by atoms with E-state index in [-0.39, 0.29) is 36.2 Å². The Morgan fingerprint density at radius 1 is 1.03 bits per heavy atom. The second kappa shape index (κ2) is 10.9. The van der Waals surface area contributed by atoms with Crippen molar-refractivity contribution in [2.75, 3.05) is 25.7 Å². The molecule has 13 heteroatoms. The summed E-state index contributed by atoms with van der Waals surface area (Å²) in [5, 5.41) is 9.97. The number of benzene rings is 2. The summed E-state index contributed by atoms with van der Waals surface area (Å²) in [6.45, 7) is 2.86. The lowest BCUT2D eigenvalue weighted by atomic mass is 9.90. The number of fused-ring (bicyclic) bond motifs is 1. The van der Waals surface area contributed by atoms with Gasteiger partial charge in [0.05, 0.1) is 50.2 Å². The van der Waals surface area contributed by atoms with Gasteiger partial charge in [-0.1, -0.05) is 0 Å². The number of ether oxygens (including phenoxy) is 3. The third-order valence-corrected chi connectivity index (χ3v) is 6.13. The second-order valence-corrected chi connectivity index (χ2v) is 8.58. The van der Waals surface area contributed by atoms with Crippen molar-refractivity contribution in [1.29, 1.82) is 5.26 Å². The molecular weight excluding hydrogens is 520 g/mol. The van der Waals surface area contributed by atoms with E-state index in [4.69, 9.17) is 14.2 Å². The summed E-state index contributed by atoms with van der Waals surface area (Å²) < 4.78 is 96.1. The molecule has 0 N–H and O–H groups in total. The summed E-state index contributed by atoms with van der Waals surface area (Å²) >= 11 is 0. The molecule has 0 saturated heterocycles. The molecular formula is C25H25F6N3O4. The molecule has 0 saturated carbocycles. The maximum absolute atomic E-state index is 13.4. The van der Waals surface area contributed by atoms with Gasteiger partial charge in [0.1, 0.15) is 0 Å². The molecule has 0 spiro atoms. The molecule has 0 aliphatic carbocycles. The van der Waals surface area contributed by atoms with Crippen LogP contribution < -0.4 is 14.4 Å². The Hall–Kier alpha value is -3.82. The molecule has 0 aromatic heterocycles. The molecule has 0 fully saturated rings. The topological polar surface area (TPSA) is 75.0 Å². The summed E-state index contributed by atoms with van der Waals surface area (Å²) in [6, 6.07) is 2.88. The number of nitriles is 1. The van der Waals surface area contributed by atoms with Crippen molar-refractivity contribution in [1.82, 2.24) is 4.90 Å². The molecule has 7 nitrogen and oxygen atoms in total. The van der Waals surface area contributed by atoms with Gasteiger partial charge in [0.2, 0.25) is 0 Å². The molecule has 1 aliphatic rings. The number of halogens is 6. The van der Waals surface area contributed by atoms with Crippen LogP contribution >= 0.6 is 0 Å². The maximum Gasteiger partial charge on any atom is 0.416 e. The summed E-state index contributed by atoms with van der Waals surface area (Å²) in [5.74, 6) is 0.524. The fourth-order valence-corrected chi connectivity index (χ4v) is 4.44. The normalized spacial score (nSPS) is 17.3. The molecule has 2 atom stereocenters. The minimum Gasteiger partial charge on any atom is -0.493 e. The fraction of sp³-hybridized carbons (Fsp3) is 0.440. The van der Waals surface area contributed by atoms with Crippen molar-refractivity contribution in [3.05, 3.63) is 52.6 Å². The number of anilines is 1. The summed E-state index contributed by atoms with van der Waals surface area (Å²) in [4.78, 5) is 15.2. The molecule has 2 aromatic carbocycles. The lowest BCUT2D eigenvalue weighted by Crippen LogP contribution is -2.46. The lowest BCUT2D eigenvalue weighted by molar-refractivity contribution is -0.143. The molecule has 1 heterocycles. The van der Waals surface area contributed by atoms with Crippen LogP contribution in [-0.4, -0.2) is 37.9 Å². The monoisotopic (exact) mass is 545 g/mol. The summed E-state index contributed by atoms with van der Waals surface area (Å²) in [6.07, 6.45) is -8.69. The first-order chi connectivity index (χ1) is 17.7. The lowest BCUT2D eigenvalue weighted by Gasteiger charge is -2.41. The van der Waals surface area contributed by atoms with E-state index in [2.05, 4.69) is 0 Å². The van der Waals surface area contributed by atoms with Gasteiger partial charge >= 0.3 is 18.4 Å². The molecule has 3 rings (SSSR count). The van der Waals surface area contributed by atoms with E-state index in [0.29, 0.717) is 23.4 Å². The highest BCUT2D eigenvalue weighted by Crippen LogP contribution is 2.46. The van der Waals surface area contributed by atoms with E-state index in [9.17, 15) is 36.4 Å². The van der Waals surface area contributed by atoms with Gasteiger partial charge < -0.3 is 14.2 Å². The van der Waals surface area contributed by atoms with Crippen LogP contribution in [-0.2, 0) is 23.6 Å². The smallest absolute Gasteiger partial charge is 0.416 e. The Labute approximate surface area is 215 Å². The van der Waals surface area contributed by atoms with E-state index in [1.165, 1.54) is 31.3 Å². The molecule has 0 radical (unpaired) electrons. The Morgan fingerprint density at radius 3 is 2.05 bits per heavy atom. The first-order valence-electron chi connectivity index (χ1n) is 11.4. The number of rotatable bonds is 6. The highest BCUT2D eigenvalue weighted by molar-refractivity contribution is 5.91. The van der Waals surface area contributed by atoms with Gasteiger partial charge in [-0.25, -0.2) is 4.79 Å². The average Bonchev–Trinajstić information content (AvgIpc) is 2.84. The highest BCUT2D eigenvalue weighted by Gasteiger charge is 2.40. The minimum atomic E-state index is -5.02. The second-order valence-electron chi connectivity index (χ2n) is 8.58. The Bertz CT molecular complexity index is 1190. The summed E-state index contributed by atoms with van der Waals surface area (Å²) in [7, 11) is 2.76. The average molecular weight is 545 g/mol. The Morgan fingerprint density at radius 2 is 1.58 bits per heavy atom. The quantitative estimate of drug-likeness (QED) is 0.234. The van der Waals surface area contributed by atoms with E-state index < -0.39 is 48.2 Å². The van der Waals surface area contributed by atoms with Crippen molar-refractivity contribution >= 4 is 11.8 Å². The molecule has 2 unspecified atom stereocenters. The highest BCUT2D eigenvalue weighted by atomic mass is 19.4. The minimum absolute atomic E-state index is 0.0343. The molecule has 206 valence electrons. The molecule has 1 amide bonds. The molecule has 0 bridgehead atoms. The van der Waals surface area contributed by atoms with Gasteiger partial charge in [-0.3, -0.25) is 9.80 Å². The molecule has 2 aromatic rings. The third-order valence-electron chi connectivity index (χ3n) is 6.13. The number of alkyl halides is 6. The molecule has 1 aliphatic heterocycles. The van der Waals surface area contributed by atoms with Crippen LogP contribution in [0.4, 0.5) is 36.8 Å². The van der Waals surface area contributed by atoms with E-state index in [1.807, 2.05) is 6.19 Å². The van der Waals surface area contributed by atoms with Crippen molar-refractivity contribution in [2.24, 2.45) is 0 Å². The largest absolute Gasteiger partial charge is 0.493 e. The van der Waals surface area contributed by atoms with Crippen molar-refractivity contribution in [2.45, 2.75) is 51.2 Å². The van der Waals surface area contributed by atoms with Crippen molar-refractivity contribution in [3.63, 3.8) is 0 Å². The Balaban J connectivity index is 2.13. The van der Waals surface area contributed by atoms with Crippen molar-refractivity contribution in [3.8, 4) is 17.7 Å². The van der Waals surface area contributed by atoms with Crippen LogP contribution in [0, 0.1) is 11.5 Å². The zero-order valence-electron chi connectivity index (χ0n) is 20.9. The maximum atomic E-state index is 13.4. The number of hydrogen-bond donors (Lipinski definition) is 0. The third kappa shape index (κ3) is 5.84. The van der Waals surface area contributed by atoms with Crippen LogP contribution in [0.25, 0.3) is 0 Å². The van der Waals surface area contributed by atoms with Gasteiger partial charge in [0, 0.05) is 17.7 Å².